The van der Waals surface area contributed by atoms with E-state index in [2.05, 4.69) is 0 Å². The predicted octanol–water partition coefficient (Wildman–Crippen LogP) is 3.75. The lowest BCUT2D eigenvalue weighted by atomic mass is 10.0. The van der Waals surface area contributed by atoms with E-state index in [1.807, 2.05) is 0 Å². The molecule has 3 nitrogen and oxygen atoms in total. The Hall–Kier alpha value is -1.82. The van der Waals surface area contributed by atoms with E-state index < -0.39 is 11.7 Å². The summed E-state index contributed by atoms with van der Waals surface area (Å²) in [5.41, 5.74) is 0.214. The van der Waals surface area contributed by atoms with Gasteiger partial charge in [-0.2, -0.15) is 13.2 Å². The van der Waals surface area contributed by atoms with Gasteiger partial charge in [0.1, 0.15) is 0 Å². The van der Waals surface area contributed by atoms with Crippen LogP contribution >= 0.6 is 0 Å². The Balaban J connectivity index is 2.09. The zero-order chi connectivity index (χ0) is 17.0. The molecule has 0 atom stereocenters. The van der Waals surface area contributed by atoms with Gasteiger partial charge in [0, 0.05) is 26.3 Å². The molecule has 126 valence electrons. The van der Waals surface area contributed by atoms with Gasteiger partial charge in [-0.15, -0.1) is 0 Å². The summed E-state index contributed by atoms with van der Waals surface area (Å²) in [4.78, 5) is 13.9. The molecule has 0 radical (unpaired) electrons. The minimum Gasteiger partial charge on any atom is -0.381 e. The van der Waals surface area contributed by atoms with Crippen molar-refractivity contribution in [2.45, 2.75) is 32.0 Å². The highest BCUT2D eigenvalue weighted by Gasteiger charge is 2.30. The van der Waals surface area contributed by atoms with Gasteiger partial charge >= 0.3 is 6.18 Å². The summed E-state index contributed by atoms with van der Waals surface area (Å²) in [6.07, 6.45) is -1.25. The third-order valence-electron chi connectivity index (χ3n) is 4.07. The van der Waals surface area contributed by atoms with E-state index in [0.717, 1.165) is 25.0 Å². The molecule has 23 heavy (non-hydrogen) atoms. The van der Waals surface area contributed by atoms with Crippen LogP contribution in [-0.2, 0) is 15.7 Å². The minimum absolute atomic E-state index is 0.172. The molecule has 1 saturated heterocycles. The number of likely N-dealkylation sites (tertiary alicyclic amines) is 1. The number of benzene rings is 1. The topological polar surface area (TPSA) is 29.5 Å². The van der Waals surface area contributed by atoms with E-state index in [1.165, 1.54) is 12.1 Å². The van der Waals surface area contributed by atoms with Gasteiger partial charge in [-0.3, -0.25) is 4.79 Å². The number of piperidine rings is 1. The molecular formula is C17H20F3NO2. The minimum atomic E-state index is -4.39. The molecule has 1 aromatic carbocycles. The van der Waals surface area contributed by atoms with Gasteiger partial charge < -0.3 is 9.64 Å². The molecule has 1 fully saturated rings. The lowest BCUT2D eigenvalue weighted by molar-refractivity contribution is -0.137. The maximum atomic E-state index is 12.7. The molecule has 0 spiro atoms. The van der Waals surface area contributed by atoms with Crippen LogP contribution in [-0.4, -0.2) is 37.1 Å². The SMILES string of the molecule is COC1CCN(C(=O)/C=C(\C)c2cccc(C(F)(F)F)c2)CC1. The van der Waals surface area contributed by atoms with Crippen LogP contribution in [0.2, 0.25) is 0 Å². The Morgan fingerprint density at radius 1 is 1.30 bits per heavy atom. The normalized spacial score (nSPS) is 17.4. The number of methoxy groups -OCH3 is 1. The first kappa shape index (κ1) is 17.5. The van der Waals surface area contributed by atoms with Crippen LogP contribution < -0.4 is 0 Å². The van der Waals surface area contributed by atoms with Crippen molar-refractivity contribution < 1.29 is 22.7 Å². The fourth-order valence-corrected chi connectivity index (χ4v) is 2.61. The van der Waals surface area contributed by atoms with Crippen LogP contribution in [0.1, 0.15) is 30.9 Å². The van der Waals surface area contributed by atoms with Crippen molar-refractivity contribution in [2.75, 3.05) is 20.2 Å². The summed E-state index contributed by atoms with van der Waals surface area (Å²) in [6.45, 7) is 2.85. The van der Waals surface area contributed by atoms with E-state index in [0.29, 0.717) is 24.2 Å². The van der Waals surface area contributed by atoms with Crippen molar-refractivity contribution in [3.8, 4) is 0 Å². The molecule has 0 bridgehead atoms. The number of allylic oxidation sites excluding steroid dienone is 1. The largest absolute Gasteiger partial charge is 0.416 e. The molecule has 1 aromatic rings. The first-order valence-electron chi connectivity index (χ1n) is 7.49. The summed E-state index contributed by atoms with van der Waals surface area (Å²) in [5.74, 6) is -0.172. The number of alkyl halides is 3. The lowest BCUT2D eigenvalue weighted by Crippen LogP contribution is -2.39. The van der Waals surface area contributed by atoms with Crippen molar-refractivity contribution in [3.63, 3.8) is 0 Å². The Labute approximate surface area is 133 Å². The van der Waals surface area contributed by atoms with Gasteiger partial charge in [0.2, 0.25) is 5.91 Å². The van der Waals surface area contributed by atoms with E-state index >= 15 is 0 Å². The molecule has 0 saturated carbocycles. The summed E-state index contributed by atoms with van der Waals surface area (Å²) < 4.78 is 43.5. The van der Waals surface area contributed by atoms with Crippen molar-refractivity contribution >= 4 is 11.5 Å². The molecule has 0 N–H and O–H groups in total. The quantitative estimate of drug-likeness (QED) is 0.792. The molecule has 1 aliphatic heterocycles. The Morgan fingerprint density at radius 2 is 1.96 bits per heavy atom. The van der Waals surface area contributed by atoms with Gasteiger partial charge in [0.15, 0.2) is 0 Å². The zero-order valence-electron chi connectivity index (χ0n) is 13.2. The first-order chi connectivity index (χ1) is 10.8. The summed E-state index contributed by atoms with van der Waals surface area (Å²) in [6, 6.07) is 5.01. The smallest absolute Gasteiger partial charge is 0.381 e. The number of halogens is 3. The number of nitrogens with zero attached hydrogens (tertiary/aromatic N) is 1. The number of hydrogen-bond donors (Lipinski definition) is 0. The Kier molecular flexibility index (Phi) is 5.46. The second-order valence-electron chi connectivity index (χ2n) is 5.67. The average molecular weight is 327 g/mol. The molecule has 1 heterocycles. The van der Waals surface area contributed by atoms with Gasteiger partial charge in [0.05, 0.1) is 11.7 Å². The number of hydrogen-bond acceptors (Lipinski definition) is 2. The number of amides is 1. The van der Waals surface area contributed by atoms with Gasteiger partial charge in [-0.25, -0.2) is 0 Å². The maximum Gasteiger partial charge on any atom is 0.416 e. The second-order valence-corrected chi connectivity index (χ2v) is 5.67. The third kappa shape index (κ3) is 4.58. The molecule has 1 aliphatic rings. The lowest BCUT2D eigenvalue weighted by Gasteiger charge is -2.30. The molecule has 0 aromatic heterocycles. The number of rotatable bonds is 3. The highest BCUT2D eigenvalue weighted by atomic mass is 19.4. The molecule has 0 aliphatic carbocycles. The molecule has 6 heteroatoms. The van der Waals surface area contributed by atoms with Crippen LogP contribution in [0, 0.1) is 0 Å². The Bertz CT molecular complexity index is 588. The fourth-order valence-electron chi connectivity index (χ4n) is 2.61. The molecule has 1 amide bonds. The number of carbonyl (C=O) groups excluding carboxylic acids is 1. The van der Waals surface area contributed by atoms with Crippen LogP contribution in [0.15, 0.2) is 30.3 Å². The van der Waals surface area contributed by atoms with Crippen molar-refractivity contribution in [1.82, 2.24) is 4.90 Å². The Morgan fingerprint density at radius 3 is 2.52 bits per heavy atom. The van der Waals surface area contributed by atoms with Crippen molar-refractivity contribution in [3.05, 3.63) is 41.5 Å². The molecule has 0 unspecified atom stereocenters. The van der Waals surface area contributed by atoms with E-state index in [-0.39, 0.29) is 12.0 Å². The van der Waals surface area contributed by atoms with Gasteiger partial charge in [-0.1, -0.05) is 12.1 Å². The zero-order valence-corrected chi connectivity index (χ0v) is 13.2. The predicted molar refractivity (Wildman–Crippen MR) is 81.7 cm³/mol. The molecule has 2 rings (SSSR count). The van der Waals surface area contributed by atoms with Crippen LogP contribution in [0.25, 0.3) is 5.57 Å². The maximum absolute atomic E-state index is 12.7. The van der Waals surface area contributed by atoms with Crippen LogP contribution in [0.3, 0.4) is 0 Å². The first-order valence-corrected chi connectivity index (χ1v) is 7.49. The highest BCUT2D eigenvalue weighted by Crippen LogP contribution is 2.31. The van der Waals surface area contributed by atoms with E-state index in [1.54, 1.807) is 25.0 Å². The number of carbonyl (C=O) groups is 1. The molecular weight excluding hydrogens is 307 g/mol. The highest BCUT2D eigenvalue weighted by molar-refractivity contribution is 5.95. The number of ether oxygens (including phenoxy) is 1. The summed E-state index contributed by atoms with van der Waals surface area (Å²) >= 11 is 0. The van der Waals surface area contributed by atoms with E-state index in [9.17, 15) is 18.0 Å². The summed E-state index contributed by atoms with van der Waals surface area (Å²) in [7, 11) is 1.65. The van der Waals surface area contributed by atoms with E-state index in [4.69, 9.17) is 4.74 Å². The van der Waals surface area contributed by atoms with Gasteiger partial charge in [-0.05, 0) is 43.0 Å². The fraction of sp³-hybridized carbons (Fsp3) is 0.471. The second kappa shape index (κ2) is 7.17. The third-order valence-corrected chi connectivity index (χ3v) is 4.07. The van der Waals surface area contributed by atoms with Crippen molar-refractivity contribution in [1.29, 1.82) is 0 Å². The van der Waals surface area contributed by atoms with Crippen LogP contribution in [0.5, 0.6) is 0 Å². The standard InChI is InChI=1S/C17H20F3NO2/c1-12(13-4-3-5-14(11-13)17(18,19)20)10-16(22)21-8-6-15(23-2)7-9-21/h3-5,10-11,15H,6-9H2,1-2H3/b12-10+. The van der Waals surface area contributed by atoms with Crippen LogP contribution in [0.4, 0.5) is 13.2 Å². The summed E-state index contributed by atoms with van der Waals surface area (Å²) in [5, 5.41) is 0. The monoisotopic (exact) mass is 327 g/mol. The van der Waals surface area contributed by atoms with Crippen molar-refractivity contribution in [2.24, 2.45) is 0 Å². The van der Waals surface area contributed by atoms with Gasteiger partial charge in [0.25, 0.3) is 0 Å². The average Bonchev–Trinajstić information content (AvgIpc) is 2.54.